The first-order chi connectivity index (χ1) is 10.3. The Bertz CT molecular complexity index is 671. The molecule has 0 N–H and O–H groups in total. The summed E-state index contributed by atoms with van der Waals surface area (Å²) in [5.41, 5.74) is 3.06. The number of ether oxygens (including phenoxy) is 1. The molecule has 1 fully saturated rings. The van der Waals surface area contributed by atoms with Gasteiger partial charge in [0.1, 0.15) is 11.6 Å². The second kappa shape index (κ2) is 4.72. The van der Waals surface area contributed by atoms with Gasteiger partial charge in [0, 0.05) is 23.5 Å². The van der Waals surface area contributed by atoms with Crippen LogP contribution in [-0.4, -0.2) is 18.1 Å². The molecule has 4 heteroatoms. The van der Waals surface area contributed by atoms with Gasteiger partial charge in [-0.15, -0.1) is 0 Å². The van der Waals surface area contributed by atoms with E-state index in [-0.39, 0.29) is 11.9 Å². The molecule has 21 heavy (non-hydrogen) atoms. The van der Waals surface area contributed by atoms with E-state index in [1.54, 1.807) is 7.11 Å². The third kappa shape index (κ3) is 1.89. The molecule has 3 heterocycles. The molecule has 1 saturated heterocycles. The van der Waals surface area contributed by atoms with Gasteiger partial charge in [0.05, 0.1) is 19.3 Å². The maximum absolute atomic E-state index is 14.2. The van der Waals surface area contributed by atoms with E-state index in [0.29, 0.717) is 6.04 Å². The summed E-state index contributed by atoms with van der Waals surface area (Å²) in [5, 5.41) is 0. The second-order valence-corrected chi connectivity index (χ2v) is 5.75. The zero-order chi connectivity index (χ0) is 14.4. The Morgan fingerprint density at radius 2 is 2.00 bits per heavy atom. The van der Waals surface area contributed by atoms with Crippen molar-refractivity contribution in [2.24, 2.45) is 0 Å². The van der Waals surface area contributed by atoms with E-state index in [1.807, 2.05) is 18.3 Å². The number of nitrogens with zero attached hydrogens (tertiary/aromatic N) is 2. The van der Waals surface area contributed by atoms with Crippen LogP contribution in [-0.2, 0) is 6.42 Å². The SMILES string of the molecule is COc1ccc(N2[C@H]3CC[C@@H]2c2c(F)cncc2C3)cc1. The topological polar surface area (TPSA) is 25.4 Å². The van der Waals surface area contributed by atoms with E-state index in [4.69, 9.17) is 4.74 Å². The van der Waals surface area contributed by atoms with Gasteiger partial charge < -0.3 is 9.64 Å². The number of hydrogen-bond acceptors (Lipinski definition) is 3. The number of benzene rings is 1. The molecular formula is C17H17FN2O. The Labute approximate surface area is 123 Å². The average molecular weight is 284 g/mol. The van der Waals surface area contributed by atoms with E-state index in [1.165, 1.54) is 6.20 Å². The van der Waals surface area contributed by atoms with Crippen molar-refractivity contribution < 1.29 is 9.13 Å². The van der Waals surface area contributed by atoms with Crippen LogP contribution in [0.25, 0.3) is 0 Å². The molecule has 0 amide bonds. The lowest BCUT2D eigenvalue weighted by molar-refractivity contribution is 0.414. The molecule has 0 spiro atoms. The van der Waals surface area contributed by atoms with Crippen LogP contribution < -0.4 is 9.64 Å². The van der Waals surface area contributed by atoms with Crippen molar-refractivity contribution >= 4 is 5.69 Å². The molecular weight excluding hydrogens is 267 g/mol. The largest absolute Gasteiger partial charge is 0.497 e. The minimum absolute atomic E-state index is 0.134. The quantitative estimate of drug-likeness (QED) is 0.844. The van der Waals surface area contributed by atoms with E-state index in [0.717, 1.165) is 41.8 Å². The third-order valence-corrected chi connectivity index (χ3v) is 4.68. The minimum atomic E-state index is -0.170. The van der Waals surface area contributed by atoms with Gasteiger partial charge in [-0.05, 0) is 49.1 Å². The summed E-state index contributed by atoms with van der Waals surface area (Å²) in [4.78, 5) is 6.37. The van der Waals surface area contributed by atoms with Gasteiger partial charge in [-0.2, -0.15) is 0 Å². The van der Waals surface area contributed by atoms with Crippen molar-refractivity contribution in [3.05, 3.63) is 53.6 Å². The normalized spacial score (nSPS) is 23.0. The number of halogens is 1. The first-order valence-corrected chi connectivity index (χ1v) is 7.32. The average Bonchev–Trinajstić information content (AvgIpc) is 2.81. The fourth-order valence-electron chi connectivity index (χ4n) is 3.79. The van der Waals surface area contributed by atoms with Gasteiger partial charge in [-0.1, -0.05) is 0 Å². The second-order valence-electron chi connectivity index (χ2n) is 5.75. The molecule has 2 aliphatic heterocycles. The fraction of sp³-hybridized carbons (Fsp3) is 0.353. The number of aromatic nitrogens is 1. The monoisotopic (exact) mass is 284 g/mol. The lowest BCUT2D eigenvalue weighted by atomic mass is 9.94. The van der Waals surface area contributed by atoms with Crippen LogP contribution in [0.4, 0.5) is 10.1 Å². The van der Waals surface area contributed by atoms with Crippen LogP contribution in [0.15, 0.2) is 36.7 Å². The van der Waals surface area contributed by atoms with Crippen LogP contribution in [0.2, 0.25) is 0 Å². The van der Waals surface area contributed by atoms with Gasteiger partial charge in [-0.25, -0.2) is 4.39 Å². The molecule has 0 aliphatic carbocycles. The Morgan fingerprint density at radius 3 is 2.76 bits per heavy atom. The zero-order valence-electron chi connectivity index (χ0n) is 11.9. The Hall–Kier alpha value is -2.10. The van der Waals surface area contributed by atoms with Gasteiger partial charge in [0.25, 0.3) is 0 Å². The van der Waals surface area contributed by atoms with Gasteiger partial charge in [-0.3, -0.25) is 4.98 Å². The van der Waals surface area contributed by atoms with Crippen molar-refractivity contribution in [3.8, 4) is 5.75 Å². The van der Waals surface area contributed by atoms with Crippen molar-refractivity contribution in [1.82, 2.24) is 4.98 Å². The fourth-order valence-corrected chi connectivity index (χ4v) is 3.79. The first kappa shape index (κ1) is 12.6. The van der Waals surface area contributed by atoms with Crippen LogP contribution >= 0.6 is 0 Å². The number of methoxy groups -OCH3 is 1. The van der Waals surface area contributed by atoms with Crippen LogP contribution in [0, 0.1) is 5.82 Å². The van der Waals surface area contributed by atoms with E-state index >= 15 is 0 Å². The van der Waals surface area contributed by atoms with Crippen molar-refractivity contribution in [3.63, 3.8) is 0 Å². The van der Waals surface area contributed by atoms with Crippen LogP contribution in [0.3, 0.4) is 0 Å². The maximum atomic E-state index is 14.2. The highest BCUT2D eigenvalue weighted by Crippen LogP contribution is 2.46. The lowest BCUT2D eigenvalue weighted by Crippen LogP contribution is -2.38. The molecule has 0 unspecified atom stereocenters. The van der Waals surface area contributed by atoms with Crippen molar-refractivity contribution in [2.75, 3.05) is 12.0 Å². The Balaban J connectivity index is 1.76. The molecule has 1 aromatic carbocycles. The molecule has 0 saturated carbocycles. The van der Waals surface area contributed by atoms with Gasteiger partial charge in [0.2, 0.25) is 0 Å². The third-order valence-electron chi connectivity index (χ3n) is 4.68. The van der Waals surface area contributed by atoms with Crippen molar-refractivity contribution in [2.45, 2.75) is 31.3 Å². The summed E-state index contributed by atoms with van der Waals surface area (Å²) in [7, 11) is 1.66. The highest BCUT2D eigenvalue weighted by molar-refractivity contribution is 5.56. The molecule has 2 atom stereocenters. The highest BCUT2D eigenvalue weighted by atomic mass is 19.1. The molecule has 3 nitrogen and oxygen atoms in total. The summed E-state index contributed by atoms with van der Waals surface area (Å²) < 4.78 is 19.4. The number of fused-ring (bicyclic) bond motifs is 4. The van der Waals surface area contributed by atoms with Gasteiger partial charge in [0.15, 0.2) is 0 Å². The number of rotatable bonds is 2. The molecule has 0 radical (unpaired) electrons. The Kier molecular flexibility index (Phi) is 2.84. The molecule has 108 valence electrons. The number of pyridine rings is 1. The van der Waals surface area contributed by atoms with Crippen LogP contribution in [0.1, 0.15) is 30.0 Å². The smallest absolute Gasteiger partial charge is 0.147 e. The summed E-state index contributed by atoms with van der Waals surface area (Å²) >= 11 is 0. The van der Waals surface area contributed by atoms with E-state index in [2.05, 4.69) is 22.0 Å². The van der Waals surface area contributed by atoms with Crippen LogP contribution in [0.5, 0.6) is 5.75 Å². The summed E-state index contributed by atoms with van der Waals surface area (Å²) in [6, 6.07) is 8.64. The molecule has 1 aromatic heterocycles. The number of anilines is 1. The van der Waals surface area contributed by atoms with Gasteiger partial charge >= 0.3 is 0 Å². The van der Waals surface area contributed by atoms with E-state index in [9.17, 15) is 4.39 Å². The number of hydrogen-bond donors (Lipinski definition) is 0. The van der Waals surface area contributed by atoms with Crippen molar-refractivity contribution in [1.29, 1.82) is 0 Å². The lowest BCUT2D eigenvalue weighted by Gasteiger charge is -2.38. The summed E-state index contributed by atoms with van der Waals surface area (Å²) in [5.74, 6) is 0.676. The summed E-state index contributed by atoms with van der Waals surface area (Å²) in [6.45, 7) is 0. The Morgan fingerprint density at radius 1 is 1.19 bits per heavy atom. The summed E-state index contributed by atoms with van der Waals surface area (Å²) in [6.07, 6.45) is 6.15. The molecule has 2 aromatic rings. The van der Waals surface area contributed by atoms with E-state index < -0.39 is 0 Å². The minimum Gasteiger partial charge on any atom is -0.497 e. The first-order valence-electron chi connectivity index (χ1n) is 7.32. The standard InChI is InChI=1S/C17H17FN2O/c1-21-14-5-2-12(3-6-14)20-13-4-7-16(20)17-11(8-13)9-19-10-15(17)18/h2-3,5-6,9-10,13,16H,4,7-8H2,1H3/t13-,16+/m0/s1. The highest BCUT2D eigenvalue weighted by Gasteiger charge is 2.41. The molecule has 2 bridgehead atoms. The zero-order valence-corrected chi connectivity index (χ0v) is 11.9. The molecule has 2 aliphatic rings. The predicted molar refractivity (Wildman–Crippen MR) is 79.1 cm³/mol. The maximum Gasteiger partial charge on any atom is 0.147 e. The molecule has 4 rings (SSSR count). The predicted octanol–water partition coefficient (Wildman–Crippen LogP) is 3.50.